The molecule has 2 rings (SSSR count). The van der Waals surface area contributed by atoms with Crippen LogP contribution in [-0.4, -0.2) is 42.0 Å². The third kappa shape index (κ3) is 4.12. The van der Waals surface area contributed by atoms with Crippen LogP contribution in [0.5, 0.6) is 0 Å². The number of carbonyl (C=O) groups excluding carboxylic acids is 2. The van der Waals surface area contributed by atoms with Crippen LogP contribution < -0.4 is 10.6 Å². The van der Waals surface area contributed by atoms with Gasteiger partial charge in [-0.1, -0.05) is 0 Å². The highest BCUT2D eigenvalue weighted by atomic mass is 16.2. The third-order valence-corrected chi connectivity index (χ3v) is 4.26. The molecule has 2 fully saturated rings. The highest BCUT2D eigenvalue weighted by Gasteiger charge is 2.32. The molecule has 0 aromatic carbocycles. The molecule has 1 atom stereocenters. The molecule has 0 spiro atoms. The van der Waals surface area contributed by atoms with Gasteiger partial charge in [0.15, 0.2) is 0 Å². The van der Waals surface area contributed by atoms with Crippen molar-refractivity contribution in [2.45, 2.75) is 58.5 Å². The smallest absolute Gasteiger partial charge is 0.317 e. The molecule has 3 amide bonds. The van der Waals surface area contributed by atoms with Crippen molar-refractivity contribution in [3.05, 3.63) is 0 Å². The summed E-state index contributed by atoms with van der Waals surface area (Å²) in [6.07, 6.45) is 4.04. The second-order valence-corrected chi connectivity index (χ2v) is 6.50. The minimum absolute atomic E-state index is 0.00907. The summed E-state index contributed by atoms with van der Waals surface area (Å²) in [6.45, 7) is 7.36. The van der Waals surface area contributed by atoms with Gasteiger partial charge < -0.3 is 15.5 Å². The van der Waals surface area contributed by atoms with Gasteiger partial charge >= 0.3 is 6.03 Å². The quantitative estimate of drug-likeness (QED) is 0.824. The van der Waals surface area contributed by atoms with E-state index in [1.807, 2.05) is 18.7 Å². The van der Waals surface area contributed by atoms with E-state index in [9.17, 15) is 9.59 Å². The van der Waals surface area contributed by atoms with Gasteiger partial charge in [0.2, 0.25) is 5.91 Å². The minimum atomic E-state index is -0.00907. The normalized spacial score (nSPS) is 21.7. The van der Waals surface area contributed by atoms with E-state index in [2.05, 4.69) is 17.6 Å². The molecule has 1 saturated carbocycles. The molecule has 0 aromatic rings. The predicted molar refractivity (Wildman–Crippen MR) is 78.3 cm³/mol. The Balaban J connectivity index is 1.72. The summed E-state index contributed by atoms with van der Waals surface area (Å²) in [5.74, 6) is 0.934. The zero-order valence-corrected chi connectivity index (χ0v) is 12.8. The summed E-state index contributed by atoms with van der Waals surface area (Å²) in [4.78, 5) is 25.9. The fraction of sp³-hybridized carbons (Fsp3) is 0.867. The van der Waals surface area contributed by atoms with Crippen molar-refractivity contribution in [3.63, 3.8) is 0 Å². The average molecular weight is 281 g/mol. The molecule has 0 aromatic heterocycles. The van der Waals surface area contributed by atoms with E-state index < -0.39 is 0 Å². The molecule has 1 unspecified atom stereocenters. The lowest BCUT2D eigenvalue weighted by atomic mass is 9.95. The molecule has 5 nitrogen and oxygen atoms in total. The molecular weight excluding hydrogens is 254 g/mol. The Morgan fingerprint density at radius 1 is 1.00 bits per heavy atom. The Kier molecular flexibility index (Phi) is 4.89. The van der Waals surface area contributed by atoms with E-state index in [1.54, 1.807) is 0 Å². The molecule has 0 radical (unpaired) electrons. The van der Waals surface area contributed by atoms with Gasteiger partial charge in [0.25, 0.3) is 0 Å². The molecule has 0 bridgehead atoms. The summed E-state index contributed by atoms with van der Waals surface area (Å²) in [6, 6.07) is 0.456. The van der Waals surface area contributed by atoms with Crippen LogP contribution in [0.4, 0.5) is 4.79 Å². The maximum Gasteiger partial charge on any atom is 0.317 e. The van der Waals surface area contributed by atoms with Gasteiger partial charge in [-0.15, -0.1) is 0 Å². The Hall–Kier alpha value is -1.26. The Labute approximate surface area is 121 Å². The summed E-state index contributed by atoms with van der Waals surface area (Å²) in [7, 11) is 0. The maximum atomic E-state index is 12.2. The summed E-state index contributed by atoms with van der Waals surface area (Å²) in [5, 5.41) is 6.03. The van der Waals surface area contributed by atoms with Crippen LogP contribution in [0.1, 0.15) is 46.5 Å². The van der Waals surface area contributed by atoms with Crippen molar-refractivity contribution < 1.29 is 9.59 Å². The van der Waals surface area contributed by atoms with Crippen LogP contribution in [0.15, 0.2) is 0 Å². The molecule has 114 valence electrons. The highest BCUT2D eigenvalue weighted by Crippen LogP contribution is 2.32. The first-order valence-electron chi connectivity index (χ1n) is 7.83. The first kappa shape index (κ1) is 15.1. The van der Waals surface area contributed by atoms with Crippen molar-refractivity contribution in [2.24, 2.45) is 11.8 Å². The lowest BCUT2D eigenvalue weighted by Gasteiger charge is -2.32. The largest absolute Gasteiger partial charge is 0.353 e. The summed E-state index contributed by atoms with van der Waals surface area (Å²) < 4.78 is 0. The lowest BCUT2D eigenvalue weighted by molar-refractivity contribution is -0.127. The second kappa shape index (κ2) is 6.46. The maximum absolute atomic E-state index is 12.2. The number of urea groups is 1. The van der Waals surface area contributed by atoms with Gasteiger partial charge in [0.1, 0.15) is 0 Å². The van der Waals surface area contributed by atoms with Gasteiger partial charge in [-0.2, -0.15) is 0 Å². The van der Waals surface area contributed by atoms with Crippen molar-refractivity contribution >= 4 is 11.9 Å². The van der Waals surface area contributed by atoms with Gasteiger partial charge in [0, 0.05) is 31.1 Å². The lowest BCUT2D eigenvalue weighted by Crippen LogP contribution is -2.49. The first-order chi connectivity index (χ1) is 9.47. The van der Waals surface area contributed by atoms with Crippen molar-refractivity contribution in [1.82, 2.24) is 15.5 Å². The van der Waals surface area contributed by atoms with E-state index in [1.165, 1.54) is 12.8 Å². The van der Waals surface area contributed by atoms with E-state index in [-0.39, 0.29) is 23.9 Å². The number of carbonyl (C=O) groups is 2. The van der Waals surface area contributed by atoms with Gasteiger partial charge in [-0.05, 0) is 52.4 Å². The highest BCUT2D eigenvalue weighted by molar-refractivity contribution is 5.80. The Morgan fingerprint density at radius 2 is 1.60 bits per heavy atom. The number of piperidine rings is 1. The van der Waals surface area contributed by atoms with E-state index in [4.69, 9.17) is 0 Å². The van der Waals surface area contributed by atoms with Crippen LogP contribution in [0, 0.1) is 11.8 Å². The van der Waals surface area contributed by atoms with Crippen LogP contribution >= 0.6 is 0 Å². The van der Waals surface area contributed by atoms with Crippen molar-refractivity contribution in [1.29, 1.82) is 0 Å². The zero-order chi connectivity index (χ0) is 14.7. The number of nitrogens with one attached hydrogen (secondary N) is 2. The molecule has 1 saturated heterocycles. The van der Waals surface area contributed by atoms with Crippen molar-refractivity contribution in [2.75, 3.05) is 13.1 Å². The van der Waals surface area contributed by atoms with Crippen LogP contribution in [-0.2, 0) is 4.79 Å². The molecule has 2 aliphatic rings. The fourth-order valence-electron chi connectivity index (χ4n) is 2.74. The first-order valence-corrected chi connectivity index (χ1v) is 7.83. The van der Waals surface area contributed by atoms with Crippen molar-refractivity contribution in [3.8, 4) is 0 Å². The van der Waals surface area contributed by atoms with Crippen LogP contribution in [0.3, 0.4) is 0 Å². The zero-order valence-electron chi connectivity index (χ0n) is 12.8. The topological polar surface area (TPSA) is 61.4 Å². The Bertz CT molecular complexity index is 358. The number of amides is 3. The van der Waals surface area contributed by atoms with E-state index >= 15 is 0 Å². The number of likely N-dealkylation sites (tertiary alicyclic amines) is 1. The third-order valence-electron chi connectivity index (χ3n) is 4.26. The number of hydrogen-bond acceptors (Lipinski definition) is 2. The monoisotopic (exact) mass is 281 g/mol. The molecule has 20 heavy (non-hydrogen) atoms. The number of hydrogen-bond donors (Lipinski definition) is 2. The average Bonchev–Trinajstić information content (AvgIpc) is 3.22. The standard InChI is InChI=1S/C15H27N3O2/c1-10(2)16-15(20)18-8-6-13(7-9-18)14(19)17-11(3)12-4-5-12/h10-13H,4-9H2,1-3H3,(H,16,20)(H,17,19). The van der Waals surface area contributed by atoms with Gasteiger partial charge in [0.05, 0.1) is 0 Å². The second-order valence-electron chi connectivity index (χ2n) is 6.50. The fourth-order valence-corrected chi connectivity index (χ4v) is 2.74. The molecule has 1 heterocycles. The molecule has 1 aliphatic heterocycles. The SMILES string of the molecule is CC(C)NC(=O)N1CCC(C(=O)NC(C)C2CC2)CC1. The Morgan fingerprint density at radius 3 is 2.10 bits per heavy atom. The van der Waals surface area contributed by atoms with Gasteiger partial charge in [-0.25, -0.2) is 4.79 Å². The van der Waals surface area contributed by atoms with Gasteiger partial charge in [-0.3, -0.25) is 4.79 Å². The van der Waals surface area contributed by atoms with E-state index in [0.29, 0.717) is 25.0 Å². The number of nitrogens with zero attached hydrogens (tertiary/aromatic N) is 1. The number of rotatable bonds is 4. The molecule has 2 N–H and O–H groups in total. The van der Waals surface area contributed by atoms with Crippen LogP contribution in [0.25, 0.3) is 0 Å². The summed E-state index contributed by atoms with van der Waals surface area (Å²) in [5.41, 5.74) is 0. The van der Waals surface area contributed by atoms with E-state index in [0.717, 1.165) is 12.8 Å². The van der Waals surface area contributed by atoms with Crippen LogP contribution in [0.2, 0.25) is 0 Å². The minimum Gasteiger partial charge on any atom is -0.353 e. The predicted octanol–water partition coefficient (Wildman–Crippen LogP) is 1.73. The molecule has 5 heteroatoms. The molecular formula is C15H27N3O2. The molecule has 1 aliphatic carbocycles. The summed E-state index contributed by atoms with van der Waals surface area (Å²) >= 11 is 0.